The Hall–Kier alpha value is -2.44. The Morgan fingerprint density at radius 1 is 1.53 bits per heavy atom. The zero-order valence-corrected chi connectivity index (χ0v) is 10.5. The van der Waals surface area contributed by atoms with E-state index in [2.05, 4.69) is 38.7 Å². The molecule has 1 aromatic heterocycles. The van der Waals surface area contributed by atoms with Crippen molar-refractivity contribution in [3.63, 3.8) is 0 Å². The molecule has 1 aromatic rings. The van der Waals surface area contributed by atoms with Gasteiger partial charge in [0.25, 0.3) is 5.89 Å². The highest BCUT2D eigenvalue weighted by atomic mass is 16.5. The Morgan fingerprint density at radius 2 is 2.37 bits per heavy atom. The summed E-state index contributed by atoms with van der Waals surface area (Å²) in [5.74, 6) is 11.0. The van der Waals surface area contributed by atoms with Crippen molar-refractivity contribution < 1.29 is 19.1 Å². The molecule has 2 N–H and O–H groups in total. The van der Waals surface area contributed by atoms with Crippen molar-refractivity contribution in [2.45, 2.75) is 12.8 Å². The van der Waals surface area contributed by atoms with Gasteiger partial charge < -0.3 is 19.6 Å². The molecule has 6 nitrogen and oxygen atoms in total. The van der Waals surface area contributed by atoms with Gasteiger partial charge in [-0.3, -0.25) is 0 Å². The Labute approximate surface area is 111 Å². The van der Waals surface area contributed by atoms with E-state index in [1.165, 1.54) is 13.4 Å². The Morgan fingerprint density at radius 3 is 3.11 bits per heavy atom. The molecule has 0 radical (unpaired) electrons. The van der Waals surface area contributed by atoms with Gasteiger partial charge in [-0.05, 0) is 5.92 Å². The molecule has 0 aliphatic heterocycles. The van der Waals surface area contributed by atoms with Gasteiger partial charge in [-0.2, -0.15) is 0 Å². The number of hydrogen-bond donors (Lipinski definition) is 2. The van der Waals surface area contributed by atoms with Gasteiger partial charge in [-0.1, -0.05) is 11.8 Å². The van der Waals surface area contributed by atoms with Crippen molar-refractivity contribution >= 4 is 6.09 Å². The van der Waals surface area contributed by atoms with Crippen LogP contribution < -0.4 is 5.32 Å². The molecule has 0 aliphatic rings. The Kier molecular flexibility index (Phi) is 6.63. The number of nitrogens with one attached hydrogen (secondary N) is 1. The predicted molar refractivity (Wildman–Crippen MR) is 67.0 cm³/mol. The monoisotopic (exact) mass is 262 g/mol. The molecule has 0 saturated heterocycles. The fourth-order valence-electron chi connectivity index (χ4n) is 1.12. The molecule has 0 aromatic carbocycles. The van der Waals surface area contributed by atoms with E-state index in [0.29, 0.717) is 12.8 Å². The largest absolute Gasteiger partial charge is 0.453 e. The van der Waals surface area contributed by atoms with Crippen LogP contribution in [0.2, 0.25) is 0 Å². The van der Waals surface area contributed by atoms with E-state index in [1.54, 1.807) is 0 Å². The van der Waals surface area contributed by atoms with Crippen molar-refractivity contribution in [2.24, 2.45) is 0 Å². The SMILES string of the molecule is COC(=O)NCC#Cc1nc(CCC#CCO)co1. The first-order valence-electron chi connectivity index (χ1n) is 5.58. The van der Waals surface area contributed by atoms with Crippen molar-refractivity contribution in [3.8, 4) is 23.7 Å². The second-order valence-electron chi connectivity index (χ2n) is 3.30. The first-order valence-corrected chi connectivity index (χ1v) is 5.58. The summed E-state index contributed by atoms with van der Waals surface area (Å²) >= 11 is 0. The average molecular weight is 262 g/mol. The second-order valence-corrected chi connectivity index (χ2v) is 3.30. The average Bonchev–Trinajstić information content (AvgIpc) is 2.87. The number of oxazole rings is 1. The van der Waals surface area contributed by atoms with Crippen LogP contribution in [-0.2, 0) is 11.2 Å². The number of methoxy groups -OCH3 is 1. The van der Waals surface area contributed by atoms with Crippen LogP contribution in [0.5, 0.6) is 0 Å². The molecule has 0 spiro atoms. The summed E-state index contributed by atoms with van der Waals surface area (Å²) in [6, 6.07) is 0. The van der Waals surface area contributed by atoms with Crippen LogP contribution >= 0.6 is 0 Å². The van der Waals surface area contributed by atoms with Crippen LogP contribution in [0.3, 0.4) is 0 Å². The Balaban J connectivity index is 2.38. The summed E-state index contributed by atoms with van der Waals surface area (Å²) in [5, 5.41) is 10.9. The number of carbonyl (C=O) groups excluding carboxylic acids is 1. The number of aromatic nitrogens is 1. The van der Waals surface area contributed by atoms with Crippen LogP contribution in [0.25, 0.3) is 0 Å². The van der Waals surface area contributed by atoms with Gasteiger partial charge >= 0.3 is 6.09 Å². The minimum atomic E-state index is -0.537. The molecule has 19 heavy (non-hydrogen) atoms. The standard InChI is InChI=1S/C13H14N2O4/c1-18-13(17)14-8-5-7-12-15-11(10-19-12)6-3-2-4-9-16/h10,16H,3,6,8-9H2,1H3,(H,14,17). The van der Waals surface area contributed by atoms with Gasteiger partial charge in [0.15, 0.2) is 0 Å². The number of hydrogen-bond acceptors (Lipinski definition) is 5. The lowest BCUT2D eigenvalue weighted by Gasteiger charge is -1.95. The molecule has 1 amide bonds. The summed E-state index contributed by atoms with van der Waals surface area (Å²) in [6.07, 6.45) is 2.21. The summed E-state index contributed by atoms with van der Waals surface area (Å²) in [7, 11) is 1.28. The second kappa shape index (κ2) is 8.62. The first kappa shape index (κ1) is 14.6. The molecular weight excluding hydrogens is 248 g/mol. The topological polar surface area (TPSA) is 84.6 Å². The molecule has 0 aliphatic carbocycles. The molecule has 0 saturated carbocycles. The van der Waals surface area contributed by atoms with Crippen molar-refractivity contribution in [1.82, 2.24) is 10.3 Å². The van der Waals surface area contributed by atoms with Gasteiger partial charge in [0, 0.05) is 12.8 Å². The zero-order valence-electron chi connectivity index (χ0n) is 10.5. The summed E-state index contributed by atoms with van der Waals surface area (Å²) in [4.78, 5) is 14.9. The van der Waals surface area contributed by atoms with Gasteiger partial charge in [0.2, 0.25) is 0 Å². The van der Waals surface area contributed by atoms with E-state index in [9.17, 15) is 4.79 Å². The van der Waals surface area contributed by atoms with Crippen LogP contribution in [0, 0.1) is 23.7 Å². The molecule has 0 atom stereocenters. The van der Waals surface area contributed by atoms with Crippen LogP contribution in [-0.4, -0.2) is 36.4 Å². The smallest absolute Gasteiger partial charge is 0.407 e. The number of aryl methyl sites for hydroxylation is 1. The van der Waals surface area contributed by atoms with E-state index >= 15 is 0 Å². The predicted octanol–water partition coefficient (Wildman–Crippen LogP) is 0.310. The van der Waals surface area contributed by atoms with Gasteiger partial charge in [-0.25, -0.2) is 9.78 Å². The summed E-state index contributed by atoms with van der Waals surface area (Å²) < 4.78 is 9.51. The van der Waals surface area contributed by atoms with E-state index < -0.39 is 6.09 Å². The minimum Gasteiger partial charge on any atom is -0.453 e. The van der Waals surface area contributed by atoms with Crippen molar-refractivity contribution in [3.05, 3.63) is 17.8 Å². The number of carbonyl (C=O) groups is 1. The van der Waals surface area contributed by atoms with Gasteiger partial charge in [-0.15, -0.1) is 5.92 Å². The summed E-state index contributed by atoms with van der Waals surface area (Å²) in [5.41, 5.74) is 0.748. The third-order valence-electron chi connectivity index (χ3n) is 1.96. The maximum absolute atomic E-state index is 10.7. The van der Waals surface area contributed by atoms with E-state index in [4.69, 9.17) is 9.52 Å². The molecule has 0 unspecified atom stereocenters. The molecular formula is C13H14N2O4. The highest BCUT2D eigenvalue weighted by molar-refractivity contribution is 5.67. The maximum atomic E-state index is 10.7. The third-order valence-corrected chi connectivity index (χ3v) is 1.96. The lowest BCUT2D eigenvalue weighted by Crippen LogP contribution is -2.22. The first-order chi connectivity index (χ1) is 9.26. The van der Waals surface area contributed by atoms with Crippen LogP contribution in [0.1, 0.15) is 18.0 Å². The van der Waals surface area contributed by atoms with E-state index in [-0.39, 0.29) is 19.0 Å². The summed E-state index contributed by atoms with van der Waals surface area (Å²) in [6.45, 7) is 0.0229. The molecule has 100 valence electrons. The van der Waals surface area contributed by atoms with Gasteiger partial charge in [0.1, 0.15) is 12.9 Å². The number of nitrogens with zero attached hydrogens (tertiary/aromatic N) is 1. The molecule has 1 heterocycles. The normalized spacial score (nSPS) is 8.74. The van der Waals surface area contributed by atoms with Gasteiger partial charge in [0.05, 0.1) is 19.3 Å². The van der Waals surface area contributed by atoms with E-state index in [1.807, 2.05) is 0 Å². The zero-order chi connectivity index (χ0) is 13.9. The molecule has 0 bridgehead atoms. The number of amides is 1. The number of aliphatic hydroxyl groups is 1. The van der Waals surface area contributed by atoms with Crippen molar-refractivity contribution in [1.29, 1.82) is 0 Å². The van der Waals surface area contributed by atoms with Crippen LogP contribution in [0.15, 0.2) is 10.7 Å². The Bertz CT molecular complexity index is 528. The number of alkyl carbamates (subject to hydrolysis) is 1. The third kappa shape index (κ3) is 6.16. The molecule has 0 fully saturated rings. The molecule has 6 heteroatoms. The maximum Gasteiger partial charge on any atom is 0.407 e. The quantitative estimate of drug-likeness (QED) is 0.766. The number of ether oxygens (including phenoxy) is 1. The number of rotatable bonds is 3. The lowest BCUT2D eigenvalue weighted by molar-refractivity contribution is 0.172. The number of aliphatic hydroxyl groups excluding tert-OH is 1. The molecule has 1 rings (SSSR count). The fourth-order valence-corrected chi connectivity index (χ4v) is 1.12. The highest BCUT2D eigenvalue weighted by Crippen LogP contribution is 2.02. The highest BCUT2D eigenvalue weighted by Gasteiger charge is 2.00. The van der Waals surface area contributed by atoms with Crippen molar-refractivity contribution in [2.75, 3.05) is 20.3 Å². The van der Waals surface area contributed by atoms with Crippen LogP contribution in [0.4, 0.5) is 4.79 Å². The lowest BCUT2D eigenvalue weighted by atomic mass is 10.2. The van der Waals surface area contributed by atoms with E-state index in [0.717, 1.165) is 5.69 Å². The minimum absolute atomic E-state index is 0.136. The fraction of sp³-hybridized carbons (Fsp3) is 0.385.